The number of furan rings is 1. The van der Waals surface area contributed by atoms with Gasteiger partial charge < -0.3 is 15.1 Å². The summed E-state index contributed by atoms with van der Waals surface area (Å²) >= 11 is 0. The summed E-state index contributed by atoms with van der Waals surface area (Å²) < 4.78 is 5.23. The summed E-state index contributed by atoms with van der Waals surface area (Å²) in [5, 5.41) is 6.19. The summed E-state index contributed by atoms with van der Waals surface area (Å²) in [7, 11) is 0. The third-order valence-corrected chi connectivity index (χ3v) is 2.48. The standard InChI is InChI=1S/C13H22N2O2/c1-10(2)14-8-4-7-13(16)15-11(3)12-6-5-9-17-12/h5-6,9-11,14H,4,7-8H2,1-3H3,(H,15,16)/t11-/m1/s1. The van der Waals surface area contributed by atoms with Crippen LogP contribution in [0.2, 0.25) is 0 Å². The first-order valence-electron chi connectivity index (χ1n) is 6.15. The van der Waals surface area contributed by atoms with Crippen molar-refractivity contribution in [3.63, 3.8) is 0 Å². The molecule has 1 aromatic rings. The maximum absolute atomic E-state index is 11.6. The van der Waals surface area contributed by atoms with Crippen LogP contribution in [0.5, 0.6) is 0 Å². The van der Waals surface area contributed by atoms with Gasteiger partial charge in [-0.3, -0.25) is 4.79 Å². The van der Waals surface area contributed by atoms with Crippen LogP contribution in [0.4, 0.5) is 0 Å². The molecule has 0 bridgehead atoms. The topological polar surface area (TPSA) is 54.3 Å². The van der Waals surface area contributed by atoms with Crippen LogP contribution in [0.3, 0.4) is 0 Å². The molecule has 1 amide bonds. The van der Waals surface area contributed by atoms with Gasteiger partial charge in [-0.2, -0.15) is 0 Å². The summed E-state index contributed by atoms with van der Waals surface area (Å²) in [6.07, 6.45) is 3.02. The van der Waals surface area contributed by atoms with Gasteiger partial charge in [0.25, 0.3) is 0 Å². The van der Waals surface area contributed by atoms with Gasteiger partial charge in [0.05, 0.1) is 12.3 Å². The van der Waals surface area contributed by atoms with Gasteiger partial charge in [0.15, 0.2) is 0 Å². The highest BCUT2D eigenvalue weighted by Crippen LogP contribution is 2.12. The van der Waals surface area contributed by atoms with Crippen molar-refractivity contribution in [1.82, 2.24) is 10.6 Å². The van der Waals surface area contributed by atoms with Crippen LogP contribution >= 0.6 is 0 Å². The number of hydrogen-bond acceptors (Lipinski definition) is 3. The molecule has 0 fully saturated rings. The first kappa shape index (κ1) is 13.8. The van der Waals surface area contributed by atoms with Crippen molar-refractivity contribution >= 4 is 5.91 Å². The monoisotopic (exact) mass is 238 g/mol. The summed E-state index contributed by atoms with van der Waals surface area (Å²) in [5.41, 5.74) is 0. The van der Waals surface area contributed by atoms with Gasteiger partial charge >= 0.3 is 0 Å². The quantitative estimate of drug-likeness (QED) is 0.716. The van der Waals surface area contributed by atoms with Gasteiger partial charge in [-0.1, -0.05) is 13.8 Å². The lowest BCUT2D eigenvalue weighted by Gasteiger charge is -2.12. The van der Waals surface area contributed by atoms with E-state index in [0.717, 1.165) is 18.7 Å². The number of amides is 1. The lowest BCUT2D eigenvalue weighted by molar-refractivity contribution is -0.121. The Morgan fingerprint density at radius 1 is 1.41 bits per heavy atom. The molecule has 1 aromatic heterocycles. The summed E-state index contributed by atoms with van der Waals surface area (Å²) in [6, 6.07) is 4.10. The molecule has 0 aliphatic carbocycles. The molecule has 0 radical (unpaired) electrons. The Morgan fingerprint density at radius 3 is 2.76 bits per heavy atom. The normalized spacial score (nSPS) is 12.7. The number of carbonyl (C=O) groups is 1. The minimum atomic E-state index is -0.0597. The minimum Gasteiger partial charge on any atom is -0.467 e. The maximum atomic E-state index is 11.6. The molecule has 0 aromatic carbocycles. The van der Waals surface area contributed by atoms with E-state index in [4.69, 9.17) is 4.42 Å². The molecule has 0 aliphatic heterocycles. The SMILES string of the molecule is CC(C)NCCCC(=O)N[C@H](C)c1ccco1. The van der Waals surface area contributed by atoms with Gasteiger partial charge in [-0.25, -0.2) is 0 Å². The summed E-state index contributed by atoms with van der Waals surface area (Å²) in [5.74, 6) is 0.859. The Morgan fingerprint density at radius 2 is 2.18 bits per heavy atom. The van der Waals surface area contributed by atoms with Crippen LogP contribution in [0, 0.1) is 0 Å². The van der Waals surface area contributed by atoms with Crippen LogP contribution in [0.25, 0.3) is 0 Å². The molecule has 1 heterocycles. The summed E-state index contributed by atoms with van der Waals surface area (Å²) in [4.78, 5) is 11.6. The number of hydrogen-bond donors (Lipinski definition) is 2. The van der Waals surface area contributed by atoms with Gasteiger partial charge in [-0.05, 0) is 32.0 Å². The molecule has 0 saturated carbocycles. The second kappa shape index (κ2) is 7.12. The van der Waals surface area contributed by atoms with E-state index < -0.39 is 0 Å². The van der Waals surface area contributed by atoms with Crippen LogP contribution < -0.4 is 10.6 Å². The van der Waals surface area contributed by atoms with E-state index in [9.17, 15) is 4.79 Å². The maximum Gasteiger partial charge on any atom is 0.220 e. The smallest absolute Gasteiger partial charge is 0.220 e. The van der Waals surface area contributed by atoms with Gasteiger partial charge in [0.1, 0.15) is 5.76 Å². The van der Waals surface area contributed by atoms with Crippen molar-refractivity contribution in [1.29, 1.82) is 0 Å². The highest BCUT2D eigenvalue weighted by molar-refractivity contribution is 5.76. The second-order valence-corrected chi connectivity index (χ2v) is 4.52. The molecule has 1 atom stereocenters. The third-order valence-electron chi connectivity index (χ3n) is 2.48. The fraction of sp³-hybridized carbons (Fsp3) is 0.615. The van der Waals surface area contributed by atoms with E-state index in [0.29, 0.717) is 12.5 Å². The zero-order chi connectivity index (χ0) is 12.7. The molecule has 0 spiro atoms. The predicted molar refractivity (Wildman–Crippen MR) is 67.6 cm³/mol. The van der Waals surface area contributed by atoms with Crippen molar-refractivity contribution in [3.8, 4) is 0 Å². The van der Waals surface area contributed by atoms with Crippen LogP contribution in [0.1, 0.15) is 45.4 Å². The molecular formula is C13H22N2O2. The van der Waals surface area contributed by atoms with E-state index >= 15 is 0 Å². The van der Waals surface area contributed by atoms with Crippen molar-refractivity contribution in [2.45, 2.75) is 45.7 Å². The largest absolute Gasteiger partial charge is 0.467 e. The number of nitrogens with one attached hydrogen (secondary N) is 2. The molecular weight excluding hydrogens is 216 g/mol. The fourth-order valence-corrected chi connectivity index (χ4v) is 1.56. The Bertz CT molecular complexity index is 320. The zero-order valence-electron chi connectivity index (χ0n) is 10.8. The zero-order valence-corrected chi connectivity index (χ0v) is 10.8. The second-order valence-electron chi connectivity index (χ2n) is 4.52. The van der Waals surface area contributed by atoms with Crippen molar-refractivity contribution in [2.24, 2.45) is 0 Å². The summed E-state index contributed by atoms with van der Waals surface area (Å²) in [6.45, 7) is 6.99. The molecule has 0 aliphatic rings. The van der Waals surface area contributed by atoms with E-state index in [1.165, 1.54) is 0 Å². The molecule has 2 N–H and O–H groups in total. The van der Waals surface area contributed by atoms with E-state index in [1.54, 1.807) is 6.26 Å². The molecule has 0 unspecified atom stereocenters. The van der Waals surface area contributed by atoms with Gasteiger partial charge in [-0.15, -0.1) is 0 Å². The molecule has 17 heavy (non-hydrogen) atoms. The molecule has 96 valence electrons. The van der Waals surface area contributed by atoms with Gasteiger partial charge in [0, 0.05) is 12.5 Å². The highest BCUT2D eigenvalue weighted by atomic mass is 16.3. The molecule has 0 saturated heterocycles. The lowest BCUT2D eigenvalue weighted by atomic mass is 10.2. The van der Waals surface area contributed by atoms with Crippen LogP contribution in [-0.4, -0.2) is 18.5 Å². The van der Waals surface area contributed by atoms with E-state index in [1.807, 2.05) is 19.1 Å². The molecule has 4 heteroatoms. The van der Waals surface area contributed by atoms with E-state index in [-0.39, 0.29) is 11.9 Å². The first-order chi connectivity index (χ1) is 8.09. The number of carbonyl (C=O) groups excluding carboxylic acids is 1. The van der Waals surface area contributed by atoms with Gasteiger partial charge in [0.2, 0.25) is 5.91 Å². The van der Waals surface area contributed by atoms with Crippen LogP contribution in [-0.2, 0) is 4.79 Å². The Labute approximate surface area is 103 Å². The predicted octanol–water partition coefficient (Wildman–Crippen LogP) is 2.23. The lowest BCUT2D eigenvalue weighted by Crippen LogP contribution is -2.28. The Kier molecular flexibility index (Phi) is 5.77. The van der Waals surface area contributed by atoms with E-state index in [2.05, 4.69) is 24.5 Å². The first-order valence-corrected chi connectivity index (χ1v) is 6.15. The van der Waals surface area contributed by atoms with Crippen LogP contribution in [0.15, 0.2) is 22.8 Å². The average Bonchev–Trinajstić information content (AvgIpc) is 2.77. The Balaban J connectivity index is 2.17. The van der Waals surface area contributed by atoms with Crippen molar-refractivity contribution in [2.75, 3.05) is 6.54 Å². The minimum absolute atomic E-state index is 0.0597. The van der Waals surface area contributed by atoms with Crippen molar-refractivity contribution in [3.05, 3.63) is 24.2 Å². The highest BCUT2D eigenvalue weighted by Gasteiger charge is 2.11. The number of rotatable bonds is 7. The molecule has 1 rings (SSSR count). The fourth-order valence-electron chi connectivity index (χ4n) is 1.56. The average molecular weight is 238 g/mol. The van der Waals surface area contributed by atoms with Crippen molar-refractivity contribution < 1.29 is 9.21 Å². The Hall–Kier alpha value is -1.29. The molecule has 4 nitrogen and oxygen atoms in total. The third kappa shape index (κ3) is 5.54.